The Hall–Kier alpha value is -0.840. The van der Waals surface area contributed by atoms with Gasteiger partial charge in [0.25, 0.3) is 0 Å². The molecule has 5 saturated heterocycles. The van der Waals surface area contributed by atoms with Gasteiger partial charge >= 0.3 is 0 Å². The van der Waals surface area contributed by atoms with Gasteiger partial charge in [-0.1, -0.05) is 68.7 Å². The molecule has 17 atom stereocenters. The second-order valence-electron chi connectivity index (χ2n) is 17.1. The highest BCUT2D eigenvalue weighted by Gasteiger charge is 2.55. The molecule has 9 fully saturated rings. The van der Waals surface area contributed by atoms with Gasteiger partial charge < -0.3 is 0 Å². The Morgan fingerprint density at radius 3 is 1.11 bits per heavy atom. The van der Waals surface area contributed by atoms with Gasteiger partial charge in [0.2, 0.25) is 0 Å². The normalized spacial score (nSPS) is 55.5. The molecule has 45 heavy (non-hydrogen) atoms. The minimum Gasteiger partial charge on any atom is -0.286 e. The van der Waals surface area contributed by atoms with Gasteiger partial charge in [0.05, 0.1) is 49.3 Å². The van der Waals surface area contributed by atoms with Gasteiger partial charge in [-0.2, -0.15) is 0 Å². The van der Waals surface area contributed by atoms with Crippen LogP contribution in [-0.4, -0.2) is 49.3 Å². The Morgan fingerprint density at radius 1 is 0.378 bits per heavy atom. The van der Waals surface area contributed by atoms with Crippen LogP contribution in [0.4, 0.5) is 0 Å². The van der Waals surface area contributed by atoms with Gasteiger partial charge in [0, 0.05) is 0 Å². The molecule has 8 heteroatoms. The topological polar surface area (TPSA) is 96.2 Å². The molecule has 0 spiro atoms. The molecule has 0 radical (unpaired) electrons. The SMILES string of the molecule is C1=CCC(C2CCCC3C4NC5NC(NC6NC(NC7NC(NC(N4)C23)C2CCCCC72)C2CCCCC62)C2CCCCC52)=C1. The van der Waals surface area contributed by atoms with Gasteiger partial charge in [-0.3, -0.25) is 42.5 Å². The van der Waals surface area contributed by atoms with Gasteiger partial charge in [-0.05, 0) is 111 Å². The van der Waals surface area contributed by atoms with Crippen LogP contribution in [0.5, 0.6) is 0 Å². The van der Waals surface area contributed by atoms with E-state index in [1.807, 2.05) is 0 Å². The van der Waals surface area contributed by atoms with E-state index in [1.165, 1.54) is 96.3 Å². The third kappa shape index (κ3) is 4.98. The number of hydrogen-bond acceptors (Lipinski definition) is 8. The van der Waals surface area contributed by atoms with Gasteiger partial charge in [-0.25, -0.2) is 0 Å². The molecule has 0 aromatic heterocycles. The number of rotatable bonds is 1. The van der Waals surface area contributed by atoms with E-state index in [2.05, 4.69) is 60.8 Å². The summed E-state index contributed by atoms with van der Waals surface area (Å²) in [4.78, 5) is 0. The zero-order valence-corrected chi connectivity index (χ0v) is 27.4. The van der Waals surface area contributed by atoms with Crippen LogP contribution in [0.2, 0.25) is 0 Å². The van der Waals surface area contributed by atoms with E-state index in [4.69, 9.17) is 0 Å². The molecular formula is C37H60N8. The predicted octanol–water partition coefficient (Wildman–Crippen LogP) is 3.72. The van der Waals surface area contributed by atoms with E-state index in [-0.39, 0.29) is 0 Å². The second-order valence-corrected chi connectivity index (χ2v) is 17.1. The number of fused-ring (bicyclic) bond motifs is 20. The van der Waals surface area contributed by atoms with E-state index in [0.29, 0.717) is 73.0 Å². The summed E-state index contributed by atoms with van der Waals surface area (Å²) in [6.45, 7) is 0. The van der Waals surface area contributed by atoms with Gasteiger partial charge in [0.1, 0.15) is 0 Å². The third-order valence-corrected chi connectivity index (χ3v) is 15.2. The molecule has 248 valence electrons. The molecule has 5 aliphatic heterocycles. The van der Waals surface area contributed by atoms with Crippen LogP contribution in [0.25, 0.3) is 0 Å². The summed E-state index contributed by atoms with van der Waals surface area (Å²) in [5.74, 6) is 6.35. The second kappa shape index (κ2) is 11.9. The van der Waals surface area contributed by atoms with Crippen molar-refractivity contribution < 1.29 is 0 Å². The average Bonchev–Trinajstić information content (AvgIpc) is 3.91. The Morgan fingerprint density at radius 2 is 0.733 bits per heavy atom. The maximum Gasteiger partial charge on any atom is 0.0634 e. The molecule has 10 rings (SSSR count). The molecule has 5 heterocycles. The summed E-state index contributed by atoms with van der Waals surface area (Å²) < 4.78 is 0. The Kier molecular flexibility index (Phi) is 7.72. The molecule has 8 bridgehead atoms. The molecule has 10 aliphatic rings. The Balaban J connectivity index is 1.01. The van der Waals surface area contributed by atoms with E-state index in [0.717, 1.165) is 36.0 Å². The van der Waals surface area contributed by atoms with Crippen LogP contribution in [0.1, 0.15) is 103 Å². The fourth-order valence-corrected chi connectivity index (χ4v) is 13.2. The summed E-state index contributed by atoms with van der Waals surface area (Å²) in [5, 5.41) is 34.3. The molecular weight excluding hydrogens is 556 g/mol. The smallest absolute Gasteiger partial charge is 0.0634 e. The third-order valence-electron chi connectivity index (χ3n) is 15.2. The van der Waals surface area contributed by atoms with E-state index in [9.17, 15) is 0 Å². The quantitative estimate of drug-likeness (QED) is 0.226. The van der Waals surface area contributed by atoms with Crippen LogP contribution in [-0.2, 0) is 0 Å². The lowest BCUT2D eigenvalue weighted by molar-refractivity contribution is 0.139. The van der Waals surface area contributed by atoms with E-state index >= 15 is 0 Å². The molecule has 8 N–H and O–H groups in total. The van der Waals surface area contributed by atoms with Crippen LogP contribution < -0.4 is 42.5 Å². The molecule has 0 amide bonds. The van der Waals surface area contributed by atoms with Crippen molar-refractivity contribution in [3.05, 3.63) is 23.8 Å². The van der Waals surface area contributed by atoms with Crippen LogP contribution >= 0.6 is 0 Å². The van der Waals surface area contributed by atoms with Crippen molar-refractivity contribution in [1.29, 1.82) is 0 Å². The Labute approximate surface area is 271 Å². The van der Waals surface area contributed by atoms with Crippen molar-refractivity contribution in [2.45, 2.75) is 152 Å². The van der Waals surface area contributed by atoms with Crippen molar-refractivity contribution in [3.8, 4) is 0 Å². The zero-order valence-electron chi connectivity index (χ0n) is 27.4. The Bertz CT molecular complexity index is 1160. The first-order valence-corrected chi connectivity index (χ1v) is 19.7. The minimum absolute atomic E-state index is 0.347. The van der Waals surface area contributed by atoms with Crippen molar-refractivity contribution >= 4 is 0 Å². The highest BCUT2D eigenvalue weighted by Crippen LogP contribution is 2.49. The molecule has 0 aromatic rings. The van der Waals surface area contributed by atoms with E-state index in [1.54, 1.807) is 5.57 Å². The molecule has 5 aliphatic carbocycles. The summed E-state index contributed by atoms with van der Waals surface area (Å²) in [6, 6.07) is 0. The summed E-state index contributed by atoms with van der Waals surface area (Å²) in [7, 11) is 0. The van der Waals surface area contributed by atoms with Crippen LogP contribution in [0, 0.1) is 53.3 Å². The van der Waals surface area contributed by atoms with Gasteiger partial charge in [-0.15, -0.1) is 0 Å². The minimum atomic E-state index is 0.347. The lowest BCUT2D eigenvalue weighted by Gasteiger charge is -2.40. The van der Waals surface area contributed by atoms with Crippen molar-refractivity contribution in [3.63, 3.8) is 0 Å². The van der Waals surface area contributed by atoms with Crippen molar-refractivity contribution in [1.82, 2.24) is 42.5 Å². The molecule has 17 unspecified atom stereocenters. The maximum absolute atomic E-state index is 4.37. The van der Waals surface area contributed by atoms with Gasteiger partial charge in [0.15, 0.2) is 0 Å². The number of hydrogen-bond donors (Lipinski definition) is 8. The van der Waals surface area contributed by atoms with Crippen molar-refractivity contribution in [2.24, 2.45) is 53.3 Å². The summed E-state index contributed by atoms with van der Waals surface area (Å²) in [6.07, 6.45) is 32.0. The van der Waals surface area contributed by atoms with Crippen LogP contribution in [0.3, 0.4) is 0 Å². The first kappa shape index (κ1) is 29.1. The highest BCUT2D eigenvalue weighted by atomic mass is 15.4. The fourth-order valence-electron chi connectivity index (χ4n) is 13.2. The van der Waals surface area contributed by atoms with Crippen LogP contribution in [0.15, 0.2) is 23.8 Å². The first-order chi connectivity index (χ1) is 22.3. The molecule has 0 aromatic carbocycles. The lowest BCUT2D eigenvalue weighted by Crippen LogP contribution is -2.61. The maximum atomic E-state index is 4.37. The fraction of sp³-hybridized carbons (Fsp3) is 0.892. The lowest BCUT2D eigenvalue weighted by atomic mass is 9.68. The summed E-state index contributed by atoms with van der Waals surface area (Å²) in [5.41, 5.74) is 1.69. The first-order valence-electron chi connectivity index (χ1n) is 19.7. The molecule has 4 saturated carbocycles. The zero-order chi connectivity index (χ0) is 29.5. The monoisotopic (exact) mass is 616 g/mol. The molecule has 8 nitrogen and oxygen atoms in total. The van der Waals surface area contributed by atoms with E-state index < -0.39 is 0 Å². The summed E-state index contributed by atoms with van der Waals surface area (Å²) >= 11 is 0. The average molecular weight is 617 g/mol. The largest absolute Gasteiger partial charge is 0.286 e. The predicted molar refractivity (Wildman–Crippen MR) is 178 cm³/mol. The number of allylic oxidation sites excluding steroid dienone is 4. The van der Waals surface area contributed by atoms with Crippen molar-refractivity contribution in [2.75, 3.05) is 0 Å². The standard InChI is InChI=1S/C37H60N8/c1-2-11-20(10-1)21-18-9-19-28-29(21)37-44-35-27-17-8-7-16-26(27)33(42-35)40-31-23-13-4-3-12-22(23)30(38-31)39-32-24-14-5-6-15-25(24)34(41-32)43-36(28)45-37/h1-2,10,21-45H,3-9,11-19H2. The highest BCUT2D eigenvalue weighted by molar-refractivity contribution is 5.27. The number of nitrogens with one attached hydrogen (secondary N) is 8.